The van der Waals surface area contributed by atoms with E-state index in [0.29, 0.717) is 0 Å². The van der Waals surface area contributed by atoms with E-state index in [9.17, 15) is 19.2 Å². The molecule has 0 aromatic carbocycles. The number of hydrogen-bond donors (Lipinski definition) is 1. The standard InChI is InChI=1S/C16H27NO9/c1-7-22-15(24-9(2)8-23-11(4)19)14(17-10(3)18)16(25-12(5)20)26-13(6)21/h9,14-16H,7-8H2,1-6H3,(H,17,18). The highest BCUT2D eigenvalue weighted by Gasteiger charge is 2.37. The zero-order chi connectivity index (χ0) is 20.3. The molecule has 0 saturated heterocycles. The lowest BCUT2D eigenvalue weighted by atomic mass is 10.2. The van der Waals surface area contributed by atoms with Crippen molar-refractivity contribution < 1.29 is 42.9 Å². The van der Waals surface area contributed by atoms with E-state index in [2.05, 4.69) is 5.32 Å². The summed E-state index contributed by atoms with van der Waals surface area (Å²) < 4.78 is 26.0. The van der Waals surface area contributed by atoms with Crippen molar-refractivity contribution in [3.8, 4) is 0 Å². The van der Waals surface area contributed by atoms with Gasteiger partial charge in [-0.05, 0) is 13.8 Å². The molecule has 150 valence electrons. The van der Waals surface area contributed by atoms with Crippen LogP contribution in [-0.2, 0) is 42.9 Å². The predicted octanol–water partition coefficient (Wildman–Crippen LogP) is 0.274. The summed E-state index contributed by atoms with van der Waals surface area (Å²) in [6, 6.07) is -1.14. The zero-order valence-corrected chi connectivity index (χ0v) is 15.9. The zero-order valence-electron chi connectivity index (χ0n) is 15.9. The molecule has 3 unspecified atom stereocenters. The van der Waals surface area contributed by atoms with Gasteiger partial charge in [0.2, 0.25) is 5.91 Å². The van der Waals surface area contributed by atoms with E-state index in [0.717, 1.165) is 13.8 Å². The Bertz CT molecular complexity index is 478. The lowest BCUT2D eigenvalue weighted by molar-refractivity contribution is -0.238. The van der Waals surface area contributed by atoms with Crippen molar-refractivity contribution in [2.75, 3.05) is 13.2 Å². The van der Waals surface area contributed by atoms with Crippen LogP contribution >= 0.6 is 0 Å². The van der Waals surface area contributed by atoms with Crippen LogP contribution < -0.4 is 5.32 Å². The van der Waals surface area contributed by atoms with Crippen LogP contribution in [0.5, 0.6) is 0 Å². The Labute approximate surface area is 152 Å². The van der Waals surface area contributed by atoms with Gasteiger partial charge in [0, 0.05) is 34.3 Å². The van der Waals surface area contributed by atoms with Crippen LogP contribution in [0.15, 0.2) is 0 Å². The second-order valence-electron chi connectivity index (χ2n) is 5.39. The first kappa shape index (κ1) is 23.8. The molecule has 0 aliphatic carbocycles. The van der Waals surface area contributed by atoms with Gasteiger partial charge in [-0.25, -0.2) is 0 Å². The Morgan fingerprint density at radius 1 is 0.885 bits per heavy atom. The number of rotatable bonds is 11. The van der Waals surface area contributed by atoms with Gasteiger partial charge >= 0.3 is 17.9 Å². The minimum Gasteiger partial charge on any atom is -0.463 e. The molecule has 0 bridgehead atoms. The quantitative estimate of drug-likeness (QED) is 0.399. The predicted molar refractivity (Wildman–Crippen MR) is 87.5 cm³/mol. The molecule has 0 aliphatic rings. The van der Waals surface area contributed by atoms with Crippen molar-refractivity contribution in [1.82, 2.24) is 5.32 Å². The molecule has 1 amide bonds. The van der Waals surface area contributed by atoms with Gasteiger partial charge in [-0.3, -0.25) is 19.2 Å². The third kappa shape index (κ3) is 10.6. The van der Waals surface area contributed by atoms with Crippen LogP contribution in [0.2, 0.25) is 0 Å². The molecule has 26 heavy (non-hydrogen) atoms. The van der Waals surface area contributed by atoms with Gasteiger partial charge < -0.3 is 29.0 Å². The summed E-state index contributed by atoms with van der Waals surface area (Å²) >= 11 is 0. The third-order valence-electron chi connectivity index (χ3n) is 2.74. The van der Waals surface area contributed by atoms with Crippen LogP contribution in [0, 0.1) is 0 Å². The summed E-state index contributed by atoms with van der Waals surface area (Å²) in [5.41, 5.74) is 0. The molecule has 0 radical (unpaired) electrons. The highest BCUT2D eigenvalue weighted by molar-refractivity contribution is 5.73. The lowest BCUT2D eigenvalue weighted by Gasteiger charge is -2.33. The van der Waals surface area contributed by atoms with Gasteiger partial charge in [-0.15, -0.1) is 0 Å². The fourth-order valence-corrected chi connectivity index (χ4v) is 1.89. The molecule has 0 aliphatic heterocycles. The molecule has 0 fully saturated rings. The Kier molecular flexibility index (Phi) is 11.2. The fraction of sp³-hybridized carbons (Fsp3) is 0.750. The number of amides is 1. The minimum atomic E-state index is -1.47. The second-order valence-corrected chi connectivity index (χ2v) is 5.39. The van der Waals surface area contributed by atoms with Gasteiger partial charge in [0.1, 0.15) is 6.61 Å². The normalized spacial score (nSPS) is 14.1. The summed E-state index contributed by atoms with van der Waals surface area (Å²) in [7, 11) is 0. The molecule has 10 nitrogen and oxygen atoms in total. The van der Waals surface area contributed by atoms with E-state index in [1.165, 1.54) is 13.8 Å². The maximum absolute atomic E-state index is 11.6. The molecule has 0 saturated carbocycles. The summed E-state index contributed by atoms with van der Waals surface area (Å²) in [4.78, 5) is 45.2. The third-order valence-corrected chi connectivity index (χ3v) is 2.74. The minimum absolute atomic E-state index is 0.0580. The first-order chi connectivity index (χ1) is 12.1. The van der Waals surface area contributed by atoms with E-state index in [4.69, 9.17) is 23.7 Å². The van der Waals surface area contributed by atoms with Crippen LogP contribution in [0.4, 0.5) is 0 Å². The van der Waals surface area contributed by atoms with E-state index in [1.54, 1.807) is 13.8 Å². The van der Waals surface area contributed by atoms with Crippen LogP contribution in [0.1, 0.15) is 41.5 Å². The Morgan fingerprint density at radius 3 is 1.81 bits per heavy atom. The van der Waals surface area contributed by atoms with Crippen molar-refractivity contribution in [3.05, 3.63) is 0 Å². The van der Waals surface area contributed by atoms with Gasteiger partial charge in [0.15, 0.2) is 12.3 Å². The average molecular weight is 377 g/mol. The largest absolute Gasteiger partial charge is 0.463 e. The van der Waals surface area contributed by atoms with Gasteiger partial charge in [-0.1, -0.05) is 0 Å². The fourth-order valence-electron chi connectivity index (χ4n) is 1.89. The van der Waals surface area contributed by atoms with E-state index >= 15 is 0 Å². The van der Waals surface area contributed by atoms with Crippen LogP contribution in [0.3, 0.4) is 0 Å². The molecule has 0 heterocycles. The Hall–Kier alpha value is -2.20. The number of esters is 3. The average Bonchev–Trinajstić information content (AvgIpc) is 2.48. The van der Waals surface area contributed by atoms with E-state index in [1.807, 2.05) is 0 Å². The summed E-state index contributed by atoms with van der Waals surface area (Å²) in [6.07, 6.45) is -3.22. The first-order valence-electron chi connectivity index (χ1n) is 8.08. The number of nitrogens with one attached hydrogen (secondary N) is 1. The molecular weight excluding hydrogens is 350 g/mol. The summed E-state index contributed by atoms with van der Waals surface area (Å²) in [5.74, 6) is -2.42. The van der Waals surface area contributed by atoms with Crippen molar-refractivity contribution >= 4 is 23.8 Å². The smallest absolute Gasteiger partial charge is 0.305 e. The second kappa shape index (κ2) is 12.2. The maximum atomic E-state index is 11.6. The highest BCUT2D eigenvalue weighted by Crippen LogP contribution is 2.15. The van der Waals surface area contributed by atoms with Gasteiger partial charge in [-0.2, -0.15) is 0 Å². The van der Waals surface area contributed by atoms with Crippen LogP contribution in [0.25, 0.3) is 0 Å². The van der Waals surface area contributed by atoms with E-state index < -0.39 is 48.5 Å². The molecular formula is C16H27NO9. The first-order valence-corrected chi connectivity index (χ1v) is 8.08. The molecule has 1 N–H and O–H groups in total. The van der Waals surface area contributed by atoms with Gasteiger partial charge in [0.25, 0.3) is 6.29 Å². The van der Waals surface area contributed by atoms with Crippen molar-refractivity contribution in [3.63, 3.8) is 0 Å². The molecule has 0 spiro atoms. The maximum Gasteiger partial charge on any atom is 0.305 e. The molecule has 0 rings (SSSR count). The molecule has 0 aromatic rings. The summed E-state index contributed by atoms with van der Waals surface area (Å²) in [5, 5.41) is 2.49. The monoisotopic (exact) mass is 377 g/mol. The number of carbonyl (C=O) groups is 4. The highest BCUT2D eigenvalue weighted by atomic mass is 16.7. The van der Waals surface area contributed by atoms with Crippen molar-refractivity contribution in [2.24, 2.45) is 0 Å². The molecule has 0 aromatic heterocycles. The lowest BCUT2D eigenvalue weighted by Crippen LogP contribution is -2.55. The van der Waals surface area contributed by atoms with Gasteiger partial charge in [0.05, 0.1) is 6.10 Å². The number of ether oxygens (including phenoxy) is 5. The summed E-state index contributed by atoms with van der Waals surface area (Å²) in [6.45, 7) is 8.17. The number of carbonyl (C=O) groups excluding carboxylic acids is 4. The van der Waals surface area contributed by atoms with Crippen LogP contribution in [-0.4, -0.2) is 61.8 Å². The Balaban J connectivity index is 5.44. The number of hydrogen-bond acceptors (Lipinski definition) is 9. The van der Waals surface area contributed by atoms with Crippen molar-refractivity contribution in [2.45, 2.75) is 66.3 Å². The molecule has 10 heteroatoms. The topological polar surface area (TPSA) is 126 Å². The Morgan fingerprint density at radius 2 is 1.42 bits per heavy atom. The molecule has 3 atom stereocenters. The van der Waals surface area contributed by atoms with Crippen molar-refractivity contribution in [1.29, 1.82) is 0 Å². The van der Waals surface area contributed by atoms with E-state index in [-0.39, 0.29) is 13.2 Å². The SMILES string of the molecule is CCOC(OC(C)COC(C)=O)C(NC(C)=O)C(OC(C)=O)OC(C)=O.